The van der Waals surface area contributed by atoms with E-state index in [9.17, 15) is 17.6 Å². The van der Waals surface area contributed by atoms with Gasteiger partial charge in [-0.15, -0.1) is 0 Å². The summed E-state index contributed by atoms with van der Waals surface area (Å²) in [6.07, 6.45) is 0.363. The number of halogens is 1. The Morgan fingerprint density at radius 3 is 2.65 bits per heavy atom. The van der Waals surface area contributed by atoms with Crippen LogP contribution in [-0.4, -0.2) is 34.0 Å². The number of nitrogens with one attached hydrogen (secondary N) is 2. The molecule has 1 aliphatic rings. The highest BCUT2D eigenvalue weighted by atomic mass is 32.2. The molecule has 8 heteroatoms. The van der Waals surface area contributed by atoms with E-state index in [1.165, 1.54) is 19.2 Å². The molecule has 2 aromatic rings. The predicted octanol–water partition coefficient (Wildman–Crippen LogP) is 1.61. The quantitative estimate of drug-likeness (QED) is 0.828. The maximum absolute atomic E-state index is 13.3. The minimum Gasteiger partial charge on any atom is -0.492 e. The van der Waals surface area contributed by atoms with Crippen molar-refractivity contribution in [3.05, 3.63) is 65.0 Å². The molecule has 0 aliphatic carbocycles. The van der Waals surface area contributed by atoms with Crippen molar-refractivity contribution in [2.45, 2.75) is 18.2 Å². The van der Waals surface area contributed by atoms with Gasteiger partial charge in [0.25, 0.3) is 5.91 Å². The third-order valence-electron chi connectivity index (χ3n) is 4.07. The van der Waals surface area contributed by atoms with Gasteiger partial charge in [-0.1, -0.05) is 12.1 Å². The first-order chi connectivity index (χ1) is 12.4. The zero-order valence-electron chi connectivity index (χ0n) is 14.2. The fourth-order valence-electron chi connectivity index (χ4n) is 2.85. The number of benzene rings is 2. The summed E-state index contributed by atoms with van der Waals surface area (Å²) in [5, 5.41) is 2.51. The van der Waals surface area contributed by atoms with Crippen LogP contribution in [-0.2, 0) is 22.2 Å². The zero-order chi connectivity index (χ0) is 18.7. The Balaban J connectivity index is 1.65. The number of amides is 1. The largest absolute Gasteiger partial charge is 0.492 e. The van der Waals surface area contributed by atoms with E-state index in [1.807, 2.05) is 0 Å². The summed E-state index contributed by atoms with van der Waals surface area (Å²) in [7, 11) is -2.08. The van der Waals surface area contributed by atoms with Gasteiger partial charge in [0.2, 0.25) is 10.0 Å². The number of sulfonamides is 1. The lowest BCUT2D eigenvalue weighted by molar-refractivity contribution is 0.0963. The zero-order valence-corrected chi connectivity index (χ0v) is 15.0. The molecule has 1 atom stereocenters. The van der Waals surface area contributed by atoms with Gasteiger partial charge in [-0.2, -0.15) is 0 Å². The average Bonchev–Trinajstić information content (AvgIpc) is 2.60. The highest BCUT2D eigenvalue weighted by molar-refractivity contribution is 7.88. The summed E-state index contributed by atoms with van der Waals surface area (Å²) in [4.78, 5) is 11.5. The lowest BCUT2D eigenvalue weighted by atomic mass is 10.0. The van der Waals surface area contributed by atoms with E-state index >= 15 is 0 Å². The smallest absolute Gasteiger partial charge is 0.251 e. The molecule has 0 saturated heterocycles. The van der Waals surface area contributed by atoms with E-state index in [0.29, 0.717) is 28.9 Å². The average molecular weight is 378 g/mol. The molecule has 0 fully saturated rings. The standard InChI is InChI=1S/C18H19FN2O4S/c1-20-18(22)13-4-2-12(3-5-13)11-26(23,24)21-16-9-14-8-15(19)6-7-17(14)25-10-16/h2-8,16,21H,9-11H2,1H3,(H,20,22). The molecule has 2 aromatic carbocycles. The SMILES string of the molecule is CNC(=O)c1ccc(CS(=O)(=O)NC2COc3ccc(F)cc3C2)cc1. The van der Waals surface area contributed by atoms with Crippen molar-refractivity contribution in [3.8, 4) is 5.75 Å². The van der Waals surface area contributed by atoms with E-state index in [2.05, 4.69) is 10.0 Å². The van der Waals surface area contributed by atoms with Crippen LogP contribution in [0.2, 0.25) is 0 Å². The summed E-state index contributed by atoms with van der Waals surface area (Å²) >= 11 is 0. The van der Waals surface area contributed by atoms with Crippen molar-refractivity contribution in [1.29, 1.82) is 0 Å². The summed E-state index contributed by atoms with van der Waals surface area (Å²) in [6, 6.07) is 10.1. The fourth-order valence-corrected chi connectivity index (χ4v) is 4.22. The molecule has 1 unspecified atom stereocenters. The molecule has 0 spiro atoms. The van der Waals surface area contributed by atoms with Gasteiger partial charge < -0.3 is 10.1 Å². The summed E-state index contributed by atoms with van der Waals surface area (Å²) in [6.45, 7) is 0.188. The number of rotatable bonds is 5. The van der Waals surface area contributed by atoms with E-state index in [1.54, 1.807) is 30.3 Å². The molecule has 138 valence electrons. The van der Waals surface area contributed by atoms with Crippen molar-refractivity contribution in [3.63, 3.8) is 0 Å². The minimum atomic E-state index is -3.61. The van der Waals surface area contributed by atoms with Crippen LogP contribution in [0.15, 0.2) is 42.5 Å². The Hall–Kier alpha value is -2.45. The Kier molecular flexibility index (Phi) is 5.24. The summed E-state index contributed by atoms with van der Waals surface area (Å²) < 4.78 is 46.2. The molecule has 2 N–H and O–H groups in total. The highest BCUT2D eigenvalue weighted by Gasteiger charge is 2.25. The third kappa shape index (κ3) is 4.39. The molecule has 0 bridgehead atoms. The van der Waals surface area contributed by atoms with Crippen molar-refractivity contribution in [2.24, 2.45) is 0 Å². The Bertz CT molecular complexity index is 913. The second kappa shape index (κ2) is 7.43. The van der Waals surface area contributed by atoms with Crippen LogP contribution in [0.1, 0.15) is 21.5 Å². The molecule has 0 saturated carbocycles. The molecule has 26 heavy (non-hydrogen) atoms. The number of hydrogen-bond acceptors (Lipinski definition) is 4. The van der Waals surface area contributed by atoms with Crippen LogP contribution in [0.5, 0.6) is 5.75 Å². The van der Waals surface area contributed by atoms with Crippen molar-refractivity contribution in [1.82, 2.24) is 10.0 Å². The van der Waals surface area contributed by atoms with Gasteiger partial charge in [-0.05, 0) is 47.9 Å². The molecule has 0 aromatic heterocycles. The monoisotopic (exact) mass is 378 g/mol. The fraction of sp³-hybridized carbons (Fsp3) is 0.278. The number of hydrogen-bond donors (Lipinski definition) is 2. The van der Waals surface area contributed by atoms with Crippen LogP contribution in [0.4, 0.5) is 4.39 Å². The maximum Gasteiger partial charge on any atom is 0.251 e. The number of fused-ring (bicyclic) bond motifs is 1. The number of ether oxygens (including phenoxy) is 1. The normalized spacial score (nSPS) is 16.5. The highest BCUT2D eigenvalue weighted by Crippen LogP contribution is 2.25. The van der Waals surface area contributed by atoms with Gasteiger partial charge in [-0.25, -0.2) is 17.5 Å². The van der Waals surface area contributed by atoms with Gasteiger partial charge in [0.15, 0.2) is 0 Å². The van der Waals surface area contributed by atoms with Crippen LogP contribution >= 0.6 is 0 Å². The number of carbonyl (C=O) groups excluding carboxylic acids is 1. The van der Waals surface area contributed by atoms with Crippen molar-refractivity contribution < 1.29 is 22.3 Å². The topological polar surface area (TPSA) is 84.5 Å². The minimum absolute atomic E-state index is 0.188. The molecule has 3 rings (SSSR count). The summed E-state index contributed by atoms with van der Waals surface area (Å²) in [5.74, 6) is -0.255. The van der Waals surface area contributed by atoms with Crippen molar-refractivity contribution >= 4 is 15.9 Å². The third-order valence-corrected chi connectivity index (χ3v) is 5.48. The first-order valence-corrected chi connectivity index (χ1v) is 9.74. The molecule has 1 aliphatic heterocycles. The lowest BCUT2D eigenvalue weighted by Crippen LogP contribution is -2.43. The maximum atomic E-state index is 13.3. The molecule has 1 amide bonds. The number of carbonyl (C=O) groups is 1. The Morgan fingerprint density at radius 1 is 1.23 bits per heavy atom. The van der Waals surface area contributed by atoms with Crippen LogP contribution in [0.3, 0.4) is 0 Å². The first kappa shape index (κ1) is 18.3. The Morgan fingerprint density at radius 2 is 1.96 bits per heavy atom. The molecular formula is C18H19FN2O4S. The van der Waals surface area contributed by atoms with Gasteiger partial charge in [0.1, 0.15) is 18.2 Å². The Labute approximate surface area is 151 Å². The van der Waals surface area contributed by atoms with Gasteiger partial charge >= 0.3 is 0 Å². The lowest BCUT2D eigenvalue weighted by Gasteiger charge is -2.26. The van der Waals surface area contributed by atoms with E-state index in [0.717, 1.165) is 0 Å². The van der Waals surface area contributed by atoms with Crippen LogP contribution < -0.4 is 14.8 Å². The second-order valence-corrected chi connectivity index (χ2v) is 7.87. The predicted molar refractivity (Wildman–Crippen MR) is 95.0 cm³/mol. The van der Waals surface area contributed by atoms with E-state index in [4.69, 9.17) is 4.74 Å². The molecule has 1 heterocycles. The van der Waals surface area contributed by atoms with E-state index in [-0.39, 0.29) is 24.1 Å². The first-order valence-electron chi connectivity index (χ1n) is 8.08. The van der Waals surface area contributed by atoms with Gasteiger partial charge in [-0.3, -0.25) is 4.79 Å². The molecular weight excluding hydrogens is 359 g/mol. The van der Waals surface area contributed by atoms with E-state index < -0.39 is 16.1 Å². The molecule has 0 radical (unpaired) electrons. The molecule has 6 nitrogen and oxygen atoms in total. The van der Waals surface area contributed by atoms with Crippen LogP contribution in [0, 0.1) is 5.82 Å². The van der Waals surface area contributed by atoms with Crippen LogP contribution in [0.25, 0.3) is 0 Å². The van der Waals surface area contributed by atoms with Gasteiger partial charge in [0, 0.05) is 12.6 Å². The van der Waals surface area contributed by atoms with Crippen molar-refractivity contribution in [2.75, 3.05) is 13.7 Å². The second-order valence-electron chi connectivity index (χ2n) is 6.12. The van der Waals surface area contributed by atoms with Gasteiger partial charge in [0.05, 0.1) is 11.8 Å². The summed E-state index contributed by atoms with van der Waals surface area (Å²) in [5.41, 5.74) is 1.66.